The summed E-state index contributed by atoms with van der Waals surface area (Å²) in [6.45, 7) is 0. The summed E-state index contributed by atoms with van der Waals surface area (Å²) in [4.78, 5) is 27.3. The van der Waals surface area contributed by atoms with Gasteiger partial charge in [0.25, 0.3) is 0 Å². The number of anilines is 1. The summed E-state index contributed by atoms with van der Waals surface area (Å²) in [5.74, 6) is -0.679. The quantitative estimate of drug-likeness (QED) is 0.710. The van der Waals surface area contributed by atoms with Gasteiger partial charge < -0.3 is 0 Å². The highest BCUT2D eigenvalue weighted by molar-refractivity contribution is 6.07. The second-order valence-electron chi connectivity index (χ2n) is 7.08. The van der Waals surface area contributed by atoms with Gasteiger partial charge in [-0.05, 0) is 42.7 Å². The number of nitrogens with zero attached hydrogens (tertiary/aromatic N) is 1. The summed E-state index contributed by atoms with van der Waals surface area (Å²) >= 11 is 0. The third-order valence-corrected chi connectivity index (χ3v) is 5.33. The van der Waals surface area contributed by atoms with Crippen LogP contribution in [0.5, 0.6) is 0 Å². The molecule has 1 amide bonds. The van der Waals surface area contributed by atoms with Crippen molar-refractivity contribution in [3.63, 3.8) is 0 Å². The van der Waals surface area contributed by atoms with Crippen LogP contribution in [0.3, 0.4) is 0 Å². The van der Waals surface area contributed by atoms with Gasteiger partial charge >= 0.3 is 6.18 Å². The fourth-order valence-corrected chi connectivity index (χ4v) is 4.06. The van der Waals surface area contributed by atoms with E-state index in [2.05, 4.69) is 0 Å². The van der Waals surface area contributed by atoms with Crippen LogP contribution in [0.4, 0.5) is 18.9 Å². The molecule has 1 aliphatic heterocycles. The van der Waals surface area contributed by atoms with Gasteiger partial charge in [0.2, 0.25) is 5.91 Å². The minimum atomic E-state index is -4.42. The molecule has 2 aliphatic rings. The second kappa shape index (κ2) is 6.93. The largest absolute Gasteiger partial charge is 0.416 e. The molecule has 0 radical (unpaired) electrons. The van der Waals surface area contributed by atoms with Gasteiger partial charge in [-0.2, -0.15) is 13.2 Å². The molecule has 0 saturated heterocycles. The number of hydrogen-bond acceptors (Lipinski definition) is 2. The maximum atomic E-state index is 13.0. The number of hydrogen-bond donors (Lipinski definition) is 0. The number of rotatable bonds is 2. The Bertz CT molecular complexity index is 946. The Morgan fingerprint density at radius 2 is 1.57 bits per heavy atom. The van der Waals surface area contributed by atoms with Crippen LogP contribution >= 0.6 is 0 Å². The minimum absolute atomic E-state index is 0.0282. The zero-order valence-corrected chi connectivity index (χ0v) is 15.0. The Labute approximate surface area is 160 Å². The summed E-state index contributed by atoms with van der Waals surface area (Å²) in [7, 11) is 0. The number of benzene rings is 2. The van der Waals surface area contributed by atoms with Crippen molar-refractivity contribution in [2.24, 2.45) is 0 Å². The molecule has 1 unspecified atom stereocenters. The molecule has 0 aromatic heterocycles. The number of alkyl halides is 3. The Hall–Kier alpha value is -2.89. The van der Waals surface area contributed by atoms with Crippen molar-refractivity contribution in [3.8, 4) is 0 Å². The summed E-state index contributed by atoms with van der Waals surface area (Å²) < 4.78 is 38.6. The number of para-hydroxylation sites is 1. The lowest BCUT2D eigenvalue weighted by molar-refractivity contribution is -0.137. The topological polar surface area (TPSA) is 37.4 Å². The van der Waals surface area contributed by atoms with Crippen molar-refractivity contribution in [1.82, 2.24) is 0 Å². The molecule has 0 spiro atoms. The van der Waals surface area contributed by atoms with E-state index in [1.165, 1.54) is 12.1 Å². The third-order valence-electron chi connectivity index (χ3n) is 5.33. The van der Waals surface area contributed by atoms with Crippen LogP contribution in [0.25, 0.3) is 0 Å². The predicted octanol–water partition coefficient (Wildman–Crippen LogP) is 5.23. The summed E-state index contributed by atoms with van der Waals surface area (Å²) in [6.07, 6.45) is -2.71. The van der Waals surface area contributed by atoms with Crippen molar-refractivity contribution in [3.05, 3.63) is 77.0 Å². The van der Waals surface area contributed by atoms with E-state index < -0.39 is 17.7 Å². The van der Waals surface area contributed by atoms with Crippen molar-refractivity contribution in [2.75, 3.05) is 4.90 Å². The van der Waals surface area contributed by atoms with Gasteiger partial charge in [-0.1, -0.05) is 30.3 Å². The molecular weight excluding hydrogens is 367 g/mol. The van der Waals surface area contributed by atoms with E-state index in [-0.39, 0.29) is 18.1 Å². The van der Waals surface area contributed by atoms with Crippen LogP contribution in [0.2, 0.25) is 0 Å². The van der Waals surface area contributed by atoms with Crippen molar-refractivity contribution in [1.29, 1.82) is 0 Å². The highest BCUT2D eigenvalue weighted by Crippen LogP contribution is 2.43. The first-order chi connectivity index (χ1) is 13.4. The third kappa shape index (κ3) is 3.23. The Kier molecular flexibility index (Phi) is 4.57. The van der Waals surface area contributed by atoms with Crippen molar-refractivity contribution < 1.29 is 22.8 Å². The van der Waals surface area contributed by atoms with E-state index in [1.807, 2.05) is 30.3 Å². The molecule has 0 fully saturated rings. The second-order valence-corrected chi connectivity index (χ2v) is 7.08. The zero-order chi connectivity index (χ0) is 19.9. The maximum absolute atomic E-state index is 13.0. The lowest BCUT2D eigenvalue weighted by atomic mass is 9.77. The first-order valence-corrected chi connectivity index (χ1v) is 9.17. The normalized spacial score (nSPS) is 20.4. The van der Waals surface area contributed by atoms with E-state index in [1.54, 1.807) is 4.90 Å². The molecule has 0 bridgehead atoms. The lowest BCUT2D eigenvalue weighted by Crippen LogP contribution is -2.40. The van der Waals surface area contributed by atoms with Crippen molar-refractivity contribution in [2.45, 2.75) is 37.8 Å². The van der Waals surface area contributed by atoms with Crippen molar-refractivity contribution >= 4 is 17.4 Å². The monoisotopic (exact) mass is 385 g/mol. The summed E-state index contributed by atoms with van der Waals surface area (Å²) in [5.41, 5.74) is 1.78. The van der Waals surface area contributed by atoms with Crippen LogP contribution < -0.4 is 4.90 Å². The van der Waals surface area contributed by atoms with E-state index in [0.717, 1.165) is 12.1 Å². The van der Waals surface area contributed by atoms with Crippen LogP contribution in [0.15, 0.2) is 65.9 Å². The molecule has 6 heteroatoms. The Balaban J connectivity index is 1.79. The molecule has 4 rings (SSSR count). The van der Waals surface area contributed by atoms with Gasteiger partial charge in [0.1, 0.15) is 0 Å². The minimum Gasteiger partial charge on any atom is -0.294 e. The Morgan fingerprint density at radius 1 is 0.893 bits per heavy atom. The number of allylic oxidation sites excluding steroid dienone is 2. The number of halogens is 3. The molecule has 144 valence electrons. The first-order valence-electron chi connectivity index (χ1n) is 9.17. The molecule has 3 nitrogen and oxygen atoms in total. The Morgan fingerprint density at radius 3 is 2.21 bits per heavy atom. The standard InChI is InChI=1S/C22H18F3NO2/c23-22(24,25)15-11-9-14(10-12-15)17-13-20(28)26(16-5-2-1-3-6-16)18-7-4-8-19(27)21(17)18/h1-3,5-6,9-12,17H,4,7-8,13H2. The van der Waals surface area contributed by atoms with E-state index >= 15 is 0 Å². The van der Waals surface area contributed by atoms with Crippen LogP contribution in [-0.2, 0) is 15.8 Å². The van der Waals surface area contributed by atoms with Crippen LogP contribution in [-0.4, -0.2) is 11.7 Å². The first kappa shape index (κ1) is 18.5. The molecule has 2 aromatic rings. The van der Waals surface area contributed by atoms with Gasteiger partial charge in [-0.3, -0.25) is 14.5 Å². The number of carbonyl (C=O) groups is 2. The lowest BCUT2D eigenvalue weighted by Gasteiger charge is -2.38. The van der Waals surface area contributed by atoms with Gasteiger partial charge in [-0.25, -0.2) is 0 Å². The molecular formula is C22H18F3NO2. The molecule has 1 aliphatic carbocycles. The summed E-state index contributed by atoms with van der Waals surface area (Å²) in [6, 6.07) is 13.9. The van der Waals surface area contributed by atoms with Gasteiger partial charge in [0.05, 0.1) is 5.56 Å². The van der Waals surface area contributed by atoms with E-state index in [4.69, 9.17) is 0 Å². The fourth-order valence-electron chi connectivity index (χ4n) is 4.06. The molecule has 0 N–H and O–H groups in total. The number of carbonyl (C=O) groups excluding carboxylic acids is 2. The molecule has 28 heavy (non-hydrogen) atoms. The zero-order valence-electron chi connectivity index (χ0n) is 15.0. The highest BCUT2D eigenvalue weighted by atomic mass is 19.4. The smallest absolute Gasteiger partial charge is 0.294 e. The molecule has 0 saturated carbocycles. The summed E-state index contributed by atoms with van der Waals surface area (Å²) in [5, 5.41) is 0. The fraction of sp³-hybridized carbons (Fsp3) is 0.273. The predicted molar refractivity (Wildman–Crippen MR) is 98.6 cm³/mol. The SMILES string of the molecule is O=C1CCCC2=C1C(c1ccc(C(F)(F)F)cc1)CC(=O)N2c1ccccc1. The molecule has 2 aromatic carbocycles. The van der Waals surface area contributed by atoms with Gasteiger partial charge in [0, 0.05) is 35.7 Å². The number of ketones is 1. The molecule has 1 heterocycles. The van der Waals surface area contributed by atoms with E-state index in [0.29, 0.717) is 41.8 Å². The average Bonchev–Trinajstić information content (AvgIpc) is 2.67. The van der Waals surface area contributed by atoms with Crippen LogP contribution in [0, 0.1) is 0 Å². The number of Topliss-reactive ketones (excluding diaryl/α,β-unsaturated/α-hetero) is 1. The highest BCUT2D eigenvalue weighted by Gasteiger charge is 2.40. The van der Waals surface area contributed by atoms with Gasteiger partial charge in [-0.15, -0.1) is 0 Å². The van der Waals surface area contributed by atoms with Crippen LogP contribution in [0.1, 0.15) is 42.7 Å². The van der Waals surface area contributed by atoms with E-state index in [9.17, 15) is 22.8 Å². The maximum Gasteiger partial charge on any atom is 0.416 e. The van der Waals surface area contributed by atoms with Gasteiger partial charge in [0.15, 0.2) is 5.78 Å². The number of amides is 1. The average molecular weight is 385 g/mol. The molecule has 1 atom stereocenters.